The fourth-order valence-corrected chi connectivity index (χ4v) is 4.14. The van der Waals surface area contributed by atoms with Gasteiger partial charge in [0, 0.05) is 16.1 Å². The summed E-state index contributed by atoms with van der Waals surface area (Å²) in [6, 6.07) is 8.94. The summed E-state index contributed by atoms with van der Waals surface area (Å²) in [6.45, 7) is 6.71. The van der Waals surface area contributed by atoms with Crippen molar-refractivity contribution in [3.8, 4) is 0 Å². The van der Waals surface area contributed by atoms with Crippen molar-refractivity contribution in [1.29, 1.82) is 0 Å². The Hall–Kier alpha value is 0.180. The number of hydrogen-bond donors (Lipinski definition) is 0. The van der Waals surface area contributed by atoms with Crippen LogP contribution in [0.4, 0.5) is 0 Å². The van der Waals surface area contributed by atoms with Crippen molar-refractivity contribution in [3.63, 3.8) is 0 Å². The van der Waals surface area contributed by atoms with E-state index in [0.29, 0.717) is 5.92 Å². The number of rotatable bonds is 5. The molecule has 0 aliphatic heterocycles. The Morgan fingerprint density at radius 1 is 1.06 bits per heavy atom. The van der Waals surface area contributed by atoms with Gasteiger partial charge in [0.15, 0.2) is 0 Å². The summed E-state index contributed by atoms with van der Waals surface area (Å²) in [4.78, 5) is 0. The predicted octanol–water partition coefficient (Wildman–Crippen LogP) is 5.07. The van der Waals surface area contributed by atoms with Gasteiger partial charge in [0.05, 0.1) is 0 Å². The van der Waals surface area contributed by atoms with Gasteiger partial charge in [-0.3, -0.25) is 0 Å². The van der Waals surface area contributed by atoms with E-state index in [2.05, 4.69) is 76.9 Å². The molecule has 0 heterocycles. The van der Waals surface area contributed by atoms with E-state index in [0.717, 1.165) is 10.7 Å². The number of benzene rings is 1. The van der Waals surface area contributed by atoms with Crippen LogP contribution in [0.15, 0.2) is 24.3 Å². The second-order valence-corrected chi connectivity index (χ2v) is 6.13. The molecule has 0 saturated carbocycles. The minimum Gasteiger partial charge on any atom is -0.0918 e. The zero-order chi connectivity index (χ0) is 12.2. The number of aryl methyl sites for hydroxylation is 1. The highest BCUT2D eigenvalue weighted by Crippen LogP contribution is 2.35. The molecule has 0 nitrogen and oxygen atoms in total. The van der Waals surface area contributed by atoms with E-state index >= 15 is 0 Å². The molecule has 0 unspecified atom stereocenters. The Labute approximate surface area is 116 Å². The van der Waals surface area contributed by atoms with Gasteiger partial charge in [-0.2, -0.15) is 0 Å². The first-order valence-corrected chi connectivity index (χ1v) is 7.97. The second-order valence-electron chi connectivity index (χ2n) is 5.01. The fraction of sp³-hybridized carbons (Fsp3) is 0.571. The van der Waals surface area contributed by atoms with E-state index in [1.165, 1.54) is 17.5 Å². The van der Waals surface area contributed by atoms with Gasteiger partial charge in [-0.1, -0.05) is 75.5 Å². The smallest absolute Gasteiger partial charge is 0.0149 e. The Kier molecular flexibility index (Phi) is 5.52. The molecule has 0 bridgehead atoms. The Bertz CT molecular complexity index is 310. The molecule has 0 aliphatic carbocycles. The van der Waals surface area contributed by atoms with Crippen LogP contribution in [-0.4, -0.2) is 10.7 Å². The van der Waals surface area contributed by atoms with E-state index < -0.39 is 0 Å². The highest BCUT2D eigenvalue weighted by atomic mass is 79.9. The molecule has 0 spiro atoms. The van der Waals surface area contributed by atoms with Gasteiger partial charge in [-0.25, -0.2) is 0 Å². The molecule has 1 rings (SSSR count). The molecule has 0 fully saturated rings. The lowest BCUT2D eigenvalue weighted by molar-refractivity contribution is 0.417. The standard InChI is InChI=1S/C14H20Br2/c1-11(2)8-14(9-15,10-16)13-6-4-12(3)5-7-13/h4-7,11H,8-10H2,1-3H3. The Morgan fingerprint density at radius 3 is 1.94 bits per heavy atom. The molecule has 1 aromatic rings. The number of halogens is 2. The molecule has 0 aromatic heterocycles. The van der Waals surface area contributed by atoms with Crippen molar-refractivity contribution in [1.82, 2.24) is 0 Å². The van der Waals surface area contributed by atoms with Crippen LogP contribution >= 0.6 is 31.9 Å². The normalized spacial score (nSPS) is 12.1. The number of hydrogen-bond acceptors (Lipinski definition) is 0. The van der Waals surface area contributed by atoms with Crippen molar-refractivity contribution in [2.45, 2.75) is 32.6 Å². The van der Waals surface area contributed by atoms with Crippen LogP contribution in [0, 0.1) is 12.8 Å². The molecule has 0 radical (unpaired) electrons. The summed E-state index contributed by atoms with van der Waals surface area (Å²) < 4.78 is 0. The summed E-state index contributed by atoms with van der Waals surface area (Å²) in [5.41, 5.74) is 2.98. The third kappa shape index (κ3) is 3.33. The second kappa shape index (κ2) is 6.20. The monoisotopic (exact) mass is 346 g/mol. The quantitative estimate of drug-likeness (QED) is 0.652. The largest absolute Gasteiger partial charge is 0.0918 e. The molecule has 0 N–H and O–H groups in total. The van der Waals surface area contributed by atoms with Gasteiger partial charge in [-0.05, 0) is 24.8 Å². The molecule has 16 heavy (non-hydrogen) atoms. The summed E-state index contributed by atoms with van der Waals surface area (Å²) in [5.74, 6) is 0.705. The highest BCUT2D eigenvalue weighted by Gasteiger charge is 2.30. The first-order valence-electron chi connectivity index (χ1n) is 5.73. The van der Waals surface area contributed by atoms with Gasteiger partial charge in [-0.15, -0.1) is 0 Å². The lowest BCUT2D eigenvalue weighted by Crippen LogP contribution is -2.31. The molecule has 2 heteroatoms. The Morgan fingerprint density at radius 2 is 1.56 bits per heavy atom. The average Bonchev–Trinajstić information content (AvgIpc) is 2.27. The van der Waals surface area contributed by atoms with Crippen LogP contribution in [0.2, 0.25) is 0 Å². The van der Waals surface area contributed by atoms with Crippen molar-refractivity contribution in [2.75, 3.05) is 10.7 Å². The molecule has 0 atom stereocenters. The summed E-state index contributed by atoms with van der Waals surface area (Å²) in [5, 5.41) is 2.01. The minimum absolute atomic E-state index is 0.224. The first kappa shape index (κ1) is 14.2. The zero-order valence-corrected chi connectivity index (χ0v) is 13.4. The maximum atomic E-state index is 3.69. The maximum absolute atomic E-state index is 3.69. The summed E-state index contributed by atoms with van der Waals surface area (Å²) in [7, 11) is 0. The molecular weight excluding hydrogens is 328 g/mol. The van der Waals surface area contributed by atoms with Crippen LogP contribution in [0.3, 0.4) is 0 Å². The molecule has 90 valence electrons. The lowest BCUT2D eigenvalue weighted by atomic mass is 9.77. The van der Waals surface area contributed by atoms with Crippen LogP contribution in [0.5, 0.6) is 0 Å². The van der Waals surface area contributed by atoms with Crippen molar-refractivity contribution >= 4 is 31.9 Å². The van der Waals surface area contributed by atoms with Gasteiger partial charge in [0.1, 0.15) is 0 Å². The van der Waals surface area contributed by atoms with E-state index in [-0.39, 0.29) is 5.41 Å². The maximum Gasteiger partial charge on any atom is 0.0149 e. The lowest BCUT2D eigenvalue weighted by Gasteiger charge is -2.32. The first-order chi connectivity index (χ1) is 7.54. The highest BCUT2D eigenvalue weighted by molar-refractivity contribution is 9.09. The van der Waals surface area contributed by atoms with Crippen molar-refractivity contribution in [2.24, 2.45) is 5.92 Å². The fourth-order valence-electron chi connectivity index (χ4n) is 2.11. The summed E-state index contributed by atoms with van der Waals surface area (Å²) >= 11 is 7.37. The zero-order valence-electron chi connectivity index (χ0n) is 10.3. The third-order valence-electron chi connectivity index (χ3n) is 2.97. The molecule has 1 aromatic carbocycles. The van der Waals surface area contributed by atoms with Crippen LogP contribution < -0.4 is 0 Å². The molecule has 0 saturated heterocycles. The van der Waals surface area contributed by atoms with Crippen molar-refractivity contribution < 1.29 is 0 Å². The Balaban J connectivity index is 3.04. The third-order valence-corrected chi connectivity index (χ3v) is 5.12. The minimum atomic E-state index is 0.224. The number of alkyl halides is 2. The SMILES string of the molecule is Cc1ccc(C(CBr)(CBr)CC(C)C)cc1. The van der Waals surface area contributed by atoms with E-state index in [9.17, 15) is 0 Å². The topological polar surface area (TPSA) is 0 Å². The van der Waals surface area contributed by atoms with Crippen LogP contribution in [0.1, 0.15) is 31.4 Å². The van der Waals surface area contributed by atoms with Gasteiger partial charge in [0.25, 0.3) is 0 Å². The van der Waals surface area contributed by atoms with E-state index in [4.69, 9.17) is 0 Å². The predicted molar refractivity (Wildman–Crippen MR) is 79.9 cm³/mol. The van der Waals surface area contributed by atoms with Crippen molar-refractivity contribution in [3.05, 3.63) is 35.4 Å². The molecule has 0 aliphatic rings. The molecule has 0 amide bonds. The molecular formula is C14H20Br2. The van der Waals surface area contributed by atoms with Gasteiger partial charge >= 0.3 is 0 Å². The van der Waals surface area contributed by atoms with E-state index in [1.807, 2.05) is 0 Å². The van der Waals surface area contributed by atoms with Crippen LogP contribution in [-0.2, 0) is 5.41 Å². The average molecular weight is 348 g/mol. The van der Waals surface area contributed by atoms with Gasteiger partial charge in [0.2, 0.25) is 0 Å². The van der Waals surface area contributed by atoms with Crippen LogP contribution in [0.25, 0.3) is 0 Å². The van der Waals surface area contributed by atoms with Gasteiger partial charge < -0.3 is 0 Å². The summed E-state index contributed by atoms with van der Waals surface area (Å²) in [6.07, 6.45) is 1.20. The van der Waals surface area contributed by atoms with E-state index in [1.54, 1.807) is 0 Å².